The summed E-state index contributed by atoms with van der Waals surface area (Å²) >= 11 is 0. The van der Waals surface area contributed by atoms with E-state index in [9.17, 15) is 4.79 Å². The van der Waals surface area contributed by atoms with Crippen molar-refractivity contribution >= 4 is 11.7 Å². The van der Waals surface area contributed by atoms with E-state index < -0.39 is 0 Å². The minimum Gasteiger partial charge on any atom is -0.497 e. The molecule has 19 heavy (non-hydrogen) atoms. The summed E-state index contributed by atoms with van der Waals surface area (Å²) in [6.07, 6.45) is 0. The zero-order valence-corrected chi connectivity index (χ0v) is 11.6. The summed E-state index contributed by atoms with van der Waals surface area (Å²) in [4.78, 5) is 13.4. The maximum Gasteiger partial charge on any atom is 0.321 e. The van der Waals surface area contributed by atoms with Gasteiger partial charge in [0.1, 0.15) is 5.75 Å². The van der Waals surface area contributed by atoms with Crippen molar-refractivity contribution in [1.29, 1.82) is 0 Å². The first-order valence-corrected chi connectivity index (χ1v) is 5.97. The van der Waals surface area contributed by atoms with Gasteiger partial charge in [-0.2, -0.15) is 0 Å². The SMILES string of the molecule is COCC(N)CN(C)C(=O)Nc1ccc(OC)cc1. The average molecular weight is 267 g/mol. The number of hydrogen-bond acceptors (Lipinski definition) is 4. The smallest absolute Gasteiger partial charge is 0.321 e. The number of benzene rings is 1. The van der Waals surface area contributed by atoms with Gasteiger partial charge in [-0.15, -0.1) is 0 Å². The molecule has 0 aromatic heterocycles. The first-order chi connectivity index (χ1) is 9.06. The van der Waals surface area contributed by atoms with Gasteiger partial charge in [-0.25, -0.2) is 4.79 Å². The summed E-state index contributed by atoms with van der Waals surface area (Å²) in [6.45, 7) is 0.843. The van der Waals surface area contributed by atoms with Gasteiger partial charge >= 0.3 is 6.03 Å². The summed E-state index contributed by atoms with van der Waals surface area (Å²) in [6, 6.07) is 6.71. The largest absolute Gasteiger partial charge is 0.497 e. The average Bonchev–Trinajstić information content (AvgIpc) is 2.39. The molecule has 1 rings (SSSR count). The molecule has 2 amide bonds. The Kier molecular flexibility index (Phi) is 6.11. The zero-order valence-electron chi connectivity index (χ0n) is 11.6. The molecule has 0 spiro atoms. The first kappa shape index (κ1) is 15.3. The molecule has 0 aliphatic heterocycles. The molecule has 1 aromatic rings. The number of nitrogens with one attached hydrogen (secondary N) is 1. The number of carbonyl (C=O) groups excluding carboxylic acids is 1. The first-order valence-electron chi connectivity index (χ1n) is 5.97. The van der Waals surface area contributed by atoms with Crippen LogP contribution >= 0.6 is 0 Å². The fourth-order valence-corrected chi connectivity index (χ4v) is 1.59. The summed E-state index contributed by atoms with van der Waals surface area (Å²) in [5.74, 6) is 0.744. The molecular formula is C13H21N3O3. The minimum atomic E-state index is -0.211. The molecule has 0 radical (unpaired) electrons. The fourth-order valence-electron chi connectivity index (χ4n) is 1.59. The number of likely N-dealkylation sites (N-methyl/N-ethyl adjacent to an activating group) is 1. The highest BCUT2D eigenvalue weighted by atomic mass is 16.5. The van der Waals surface area contributed by atoms with Gasteiger partial charge in [0.15, 0.2) is 0 Å². The van der Waals surface area contributed by atoms with Crippen molar-refractivity contribution in [2.45, 2.75) is 6.04 Å². The maximum atomic E-state index is 11.9. The van der Waals surface area contributed by atoms with E-state index in [4.69, 9.17) is 15.2 Å². The van der Waals surface area contributed by atoms with Gasteiger partial charge in [-0.05, 0) is 24.3 Å². The molecule has 0 aliphatic carbocycles. The number of nitrogens with zero attached hydrogens (tertiary/aromatic N) is 1. The van der Waals surface area contributed by atoms with Crippen LogP contribution in [0, 0.1) is 0 Å². The summed E-state index contributed by atoms with van der Waals surface area (Å²) in [7, 11) is 4.87. The molecule has 1 aromatic carbocycles. The lowest BCUT2D eigenvalue weighted by molar-refractivity contribution is 0.164. The van der Waals surface area contributed by atoms with E-state index in [1.807, 2.05) is 0 Å². The van der Waals surface area contributed by atoms with Gasteiger partial charge in [-0.3, -0.25) is 0 Å². The maximum absolute atomic E-state index is 11.9. The molecule has 0 bridgehead atoms. The minimum absolute atomic E-state index is 0.198. The van der Waals surface area contributed by atoms with Crippen LogP contribution in [-0.4, -0.2) is 51.4 Å². The molecule has 1 atom stereocenters. The van der Waals surface area contributed by atoms with Crippen LogP contribution in [0.5, 0.6) is 5.75 Å². The molecule has 0 saturated heterocycles. The molecule has 0 heterocycles. The van der Waals surface area contributed by atoms with E-state index in [-0.39, 0.29) is 12.1 Å². The molecule has 1 unspecified atom stereocenters. The van der Waals surface area contributed by atoms with Crippen LogP contribution in [-0.2, 0) is 4.74 Å². The number of ether oxygens (including phenoxy) is 2. The third-order valence-corrected chi connectivity index (χ3v) is 2.58. The van der Waals surface area contributed by atoms with Gasteiger partial charge in [0, 0.05) is 32.4 Å². The van der Waals surface area contributed by atoms with E-state index in [0.29, 0.717) is 18.8 Å². The molecular weight excluding hydrogens is 246 g/mol. The highest BCUT2D eigenvalue weighted by Crippen LogP contribution is 2.15. The Hall–Kier alpha value is -1.79. The standard InChI is InChI=1S/C13H21N3O3/c1-16(8-10(14)9-18-2)13(17)15-11-4-6-12(19-3)7-5-11/h4-7,10H,8-9,14H2,1-3H3,(H,15,17). The van der Waals surface area contributed by atoms with E-state index in [2.05, 4.69) is 5.32 Å². The van der Waals surface area contributed by atoms with Crippen LogP contribution in [0.1, 0.15) is 0 Å². The molecule has 6 heteroatoms. The number of carbonyl (C=O) groups is 1. The van der Waals surface area contributed by atoms with Crippen molar-refractivity contribution in [3.63, 3.8) is 0 Å². The van der Waals surface area contributed by atoms with Crippen molar-refractivity contribution in [3.8, 4) is 5.75 Å². The Balaban J connectivity index is 2.48. The van der Waals surface area contributed by atoms with Crippen LogP contribution < -0.4 is 15.8 Å². The van der Waals surface area contributed by atoms with Crippen LogP contribution in [0.3, 0.4) is 0 Å². The molecule has 106 valence electrons. The Morgan fingerprint density at radius 2 is 2.00 bits per heavy atom. The van der Waals surface area contributed by atoms with Gasteiger partial charge in [0.05, 0.1) is 13.7 Å². The Bertz CT molecular complexity index is 395. The quantitative estimate of drug-likeness (QED) is 0.810. The lowest BCUT2D eigenvalue weighted by Crippen LogP contribution is -2.42. The van der Waals surface area contributed by atoms with Crippen molar-refractivity contribution in [3.05, 3.63) is 24.3 Å². The number of urea groups is 1. The second-order valence-corrected chi connectivity index (χ2v) is 4.25. The molecule has 0 aliphatic rings. The Morgan fingerprint density at radius 1 is 1.37 bits per heavy atom. The molecule has 0 saturated carbocycles. The Labute approximate surface area is 113 Å². The number of amides is 2. The lowest BCUT2D eigenvalue weighted by atomic mass is 10.3. The second kappa shape index (κ2) is 7.60. The highest BCUT2D eigenvalue weighted by molar-refractivity contribution is 5.89. The van der Waals surface area contributed by atoms with E-state index >= 15 is 0 Å². The highest BCUT2D eigenvalue weighted by Gasteiger charge is 2.12. The van der Waals surface area contributed by atoms with Crippen LogP contribution in [0.2, 0.25) is 0 Å². The van der Waals surface area contributed by atoms with Crippen LogP contribution in [0.4, 0.5) is 10.5 Å². The Morgan fingerprint density at radius 3 is 2.53 bits per heavy atom. The van der Waals surface area contributed by atoms with Gasteiger partial charge in [0.2, 0.25) is 0 Å². The normalized spacial score (nSPS) is 11.8. The number of methoxy groups -OCH3 is 2. The molecule has 6 nitrogen and oxygen atoms in total. The van der Waals surface area contributed by atoms with E-state index in [1.165, 1.54) is 4.90 Å². The van der Waals surface area contributed by atoms with E-state index in [0.717, 1.165) is 5.75 Å². The third kappa shape index (κ3) is 5.15. The van der Waals surface area contributed by atoms with Crippen LogP contribution in [0.15, 0.2) is 24.3 Å². The predicted octanol–water partition coefficient (Wildman–Crippen LogP) is 1.13. The van der Waals surface area contributed by atoms with Gasteiger partial charge < -0.3 is 25.4 Å². The zero-order chi connectivity index (χ0) is 14.3. The molecule has 0 fully saturated rings. The van der Waals surface area contributed by atoms with Crippen molar-refractivity contribution < 1.29 is 14.3 Å². The second-order valence-electron chi connectivity index (χ2n) is 4.25. The topological polar surface area (TPSA) is 76.8 Å². The van der Waals surface area contributed by atoms with Crippen molar-refractivity contribution in [2.24, 2.45) is 5.73 Å². The number of hydrogen-bond donors (Lipinski definition) is 2. The summed E-state index contributed by atoms with van der Waals surface area (Å²) in [5, 5.41) is 2.78. The van der Waals surface area contributed by atoms with E-state index in [1.54, 1.807) is 45.5 Å². The van der Waals surface area contributed by atoms with Crippen LogP contribution in [0.25, 0.3) is 0 Å². The summed E-state index contributed by atoms with van der Waals surface area (Å²) in [5.41, 5.74) is 6.50. The third-order valence-electron chi connectivity index (χ3n) is 2.58. The fraction of sp³-hybridized carbons (Fsp3) is 0.462. The van der Waals surface area contributed by atoms with Crippen molar-refractivity contribution in [1.82, 2.24) is 4.90 Å². The van der Waals surface area contributed by atoms with Gasteiger partial charge in [0.25, 0.3) is 0 Å². The number of rotatable bonds is 6. The molecule has 3 N–H and O–H groups in total. The van der Waals surface area contributed by atoms with Crippen molar-refractivity contribution in [2.75, 3.05) is 39.7 Å². The number of nitrogens with two attached hydrogens (primary N) is 1. The van der Waals surface area contributed by atoms with Gasteiger partial charge in [-0.1, -0.05) is 0 Å². The number of anilines is 1. The monoisotopic (exact) mass is 267 g/mol. The summed E-state index contributed by atoms with van der Waals surface area (Å²) < 4.78 is 9.98. The lowest BCUT2D eigenvalue weighted by Gasteiger charge is -2.21. The predicted molar refractivity (Wildman–Crippen MR) is 74.5 cm³/mol.